The van der Waals surface area contributed by atoms with Crippen LogP contribution in [0.15, 0.2) is 143 Å². The van der Waals surface area contributed by atoms with E-state index in [4.69, 9.17) is 26.3 Å². The van der Waals surface area contributed by atoms with Crippen molar-refractivity contribution in [2.24, 2.45) is 17.4 Å². The topological polar surface area (TPSA) is 382 Å². The second-order valence-corrected chi connectivity index (χ2v) is 25.3. The van der Waals surface area contributed by atoms with Crippen LogP contribution in [0.3, 0.4) is 0 Å². The Labute approximate surface area is 607 Å². The first-order valence-corrected chi connectivity index (χ1v) is 34.2. The van der Waals surface area contributed by atoms with E-state index in [2.05, 4.69) is 92.1 Å². The van der Waals surface area contributed by atoms with Gasteiger partial charge >= 0.3 is 0 Å². The van der Waals surface area contributed by atoms with Crippen LogP contribution in [-0.4, -0.2) is 128 Å². The summed E-state index contributed by atoms with van der Waals surface area (Å²) >= 11 is 0. The van der Waals surface area contributed by atoms with Gasteiger partial charge in [-0.1, -0.05) is 67.1 Å². The zero-order valence-electron chi connectivity index (χ0n) is 57.7. The molecule has 0 bridgehead atoms. The molecular formula is C75H74F6N22O4. The van der Waals surface area contributed by atoms with Gasteiger partial charge in [0, 0.05) is 51.2 Å². The van der Waals surface area contributed by atoms with E-state index in [1.165, 1.54) is 73.9 Å². The number of aromatic amines is 4. The van der Waals surface area contributed by atoms with Crippen LogP contribution in [0.2, 0.25) is 0 Å². The molecule has 2 aliphatic heterocycles. The van der Waals surface area contributed by atoms with Crippen LogP contribution in [0, 0.1) is 34.9 Å². The number of halogens is 6. The van der Waals surface area contributed by atoms with E-state index in [9.17, 15) is 35.9 Å². The molecule has 3 aliphatic rings. The summed E-state index contributed by atoms with van der Waals surface area (Å²) in [6.07, 6.45) is 21.6. The van der Waals surface area contributed by atoms with E-state index < -0.39 is 23.0 Å². The fourth-order valence-corrected chi connectivity index (χ4v) is 11.6. The van der Waals surface area contributed by atoms with Crippen LogP contribution in [-0.2, 0) is 28.1 Å². The summed E-state index contributed by atoms with van der Waals surface area (Å²) in [6, 6.07) is 31.2. The van der Waals surface area contributed by atoms with E-state index in [0.29, 0.717) is 86.5 Å². The Balaban J connectivity index is 0.000000132. The predicted octanol–water partition coefficient (Wildman–Crippen LogP) is 11.1. The number of carbonyl (C=O) groups is 2. The summed E-state index contributed by atoms with van der Waals surface area (Å²) in [5.74, 6) is 10.1. The number of pyridine rings is 1. The minimum Gasteiger partial charge on any atom is -0.419 e. The molecule has 0 radical (unpaired) electrons. The Morgan fingerprint density at radius 2 is 1.07 bits per heavy atom. The highest BCUT2D eigenvalue weighted by Gasteiger charge is 2.45. The van der Waals surface area contributed by atoms with E-state index in [1.54, 1.807) is 104 Å². The van der Waals surface area contributed by atoms with Crippen molar-refractivity contribution in [1.29, 1.82) is 0 Å². The van der Waals surface area contributed by atoms with E-state index >= 15 is 0 Å². The fraction of sp³-hybridized carbons (Fsp3) is 0.227. The Bertz CT molecular complexity index is 5230. The molecule has 13 aromatic rings. The van der Waals surface area contributed by atoms with Gasteiger partial charge in [0.15, 0.2) is 23.3 Å². The quantitative estimate of drug-likeness (QED) is 0.0175. The third-order valence-corrected chi connectivity index (χ3v) is 17.5. The fourth-order valence-electron chi connectivity index (χ4n) is 11.6. The summed E-state index contributed by atoms with van der Waals surface area (Å²) in [5.41, 5.74) is 17.1. The standard InChI is InChI=1S/C22H20F2N6.C20H15F2N5O.C19H15F2N5O.C7H9N3O.C7H15N3O/c23-16-4-1-13(2-5-16)3-6-19-17-11-15(12-18(24)20(17)28-27-19)22-26-21(29-30-22)14-7-9-25-10-8-14;21-13-4-1-11(2-5-13)3-6-16-14-9-12(10-15(22)17(14)25-24-16)18-26-27-19(28-18)20(23)7-8-20;1-22-10-17-24-26-19(27-17)12-8-14-16(23-25-18(14)15(21)9-12)7-4-11-2-5-13(20)6-3-11;8-10-7(11)4-6-2-1-3-9-5-6;8-9-7(11)6-10-4-2-1-3-5-10/h1-6,11-12,14,25H,7-10H2,(H,27,28)(H,26,29,30);1-6,9-10H,7-8,23H2,(H,24,25);2-9,22H,10H2,1H3,(H,23,25);1-3,5H,4,8H2,(H,10,11);1-6,8H2,(H,9,11)/b2*6-3+;7-4+;;. The Morgan fingerprint density at radius 3 is 1.54 bits per heavy atom. The SMILES string of the molecule is CNCc1nnc(-c2cc(F)c3n[nH]c(/C=C/c4ccc(F)cc4)c3c2)o1.Fc1ccc(/C=C/c2[nH]nc3c(F)cc(-c4n[nH]c(C5CCNCC5)n4)cc23)cc1.NC1(c2nnc(-c3cc(F)c4n[nH]c(/C=C/c5ccc(F)cc5)c4c3)o2)CC1.NNC(=O)CN1CCCCC1.NNC(=O)Cc1cccnc1. The second kappa shape index (κ2) is 35.1. The maximum atomic E-state index is 14.7. The number of hydrogen-bond donors (Lipinski definition) is 11. The maximum Gasteiger partial charge on any atom is 0.248 e. The molecule has 3 fully saturated rings. The van der Waals surface area contributed by atoms with Crippen molar-refractivity contribution in [3.8, 4) is 34.3 Å². The minimum absolute atomic E-state index is 0.0908. The van der Waals surface area contributed by atoms with Gasteiger partial charge in [-0.05, 0) is 191 Å². The molecule has 107 heavy (non-hydrogen) atoms. The molecule has 0 spiro atoms. The zero-order valence-corrected chi connectivity index (χ0v) is 57.7. The van der Waals surface area contributed by atoms with Crippen molar-refractivity contribution in [2.45, 2.75) is 69.4 Å². The molecule has 9 heterocycles. The molecule has 26 nitrogen and oxygen atoms in total. The highest BCUT2D eigenvalue weighted by Crippen LogP contribution is 2.43. The number of nitrogens with two attached hydrogens (primary N) is 3. The van der Waals surface area contributed by atoms with Gasteiger partial charge in [0.25, 0.3) is 0 Å². The lowest BCUT2D eigenvalue weighted by molar-refractivity contribution is -0.122. The summed E-state index contributed by atoms with van der Waals surface area (Å²) < 4.78 is 94.0. The summed E-state index contributed by atoms with van der Waals surface area (Å²) in [5, 5.41) is 51.9. The van der Waals surface area contributed by atoms with Gasteiger partial charge in [0.05, 0.1) is 42.1 Å². The number of hydrazine groups is 2. The van der Waals surface area contributed by atoms with Gasteiger partial charge in [-0.2, -0.15) is 20.4 Å². The summed E-state index contributed by atoms with van der Waals surface area (Å²) in [4.78, 5) is 32.1. The Kier molecular flexibility index (Phi) is 24.4. The number of likely N-dealkylation sites (tertiary alicyclic amines) is 1. The maximum absolute atomic E-state index is 14.7. The minimum atomic E-state index is -0.549. The average Bonchev–Trinajstić information content (AvgIpc) is 1.63. The molecule has 550 valence electrons. The molecule has 7 aromatic heterocycles. The van der Waals surface area contributed by atoms with E-state index in [-0.39, 0.29) is 64.0 Å². The lowest BCUT2D eigenvalue weighted by atomic mass is 9.98. The number of rotatable bonds is 17. The highest BCUT2D eigenvalue weighted by atomic mass is 19.1. The van der Waals surface area contributed by atoms with E-state index in [0.717, 1.165) is 79.9 Å². The van der Waals surface area contributed by atoms with Gasteiger partial charge in [-0.25, -0.2) is 43.0 Å². The first-order valence-electron chi connectivity index (χ1n) is 34.2. The molecule has 32 heteroatoms. The molecule has 16 rings (SSSR count). The number of benzene rings is 6. The third-order valence-electron chi connectivity index (χ3n) is 17.5. The van der Waals surface area contributed by atoms with Crippen molar-refractivity contribution >= 4 is 81.0 Å². The number of aromatic nitrogens is 14. The van der Waals surface area contributed by atoms with Crippen LogP contribution < -0.4 is 38.9 Å². The molecular weight excluding hydrogens is 1390 g/mol. The zero-order chi connectivity index (χ0) is 74.8. The lowest BCUT2D eigenvalue weighted by Crippen LogP contribution is -2.42. The number of nitrogens with one attached hydrogen (secondary N) is 8. The Morgan fingerprint density at radius 1 is 0.579 bits per heavy atom. The normalized spacial score (nSPS) is 14.3. The van der Waals surface area contributed by atoms with Crippen molar-refractivity contribution in [3.05, 3.63) is 226 Å². The predicted molar refractivity (Wildman–Crippen MR) is 392 cm³/mol. The molecule has 2 amide bonds. The van der Waals surface area contributed by atoms with Crippen molar-refractivity contribution in [1.82, 2.24) is 97.5 Å². The van der Waals surface area contributed by atoms with Gasteiger partial charge in [-0.3, -0.25) is 50.7 Å². The van der Waals surface area contributed by atoms with Crippen LogP contribution >= 0.6 is 0 Å². The number of H-pyrrole nitrogens is 4. The third kappa shape index (κ3) is 19.6. The molecule has 1 saturated carbocycles. The number of fused-ring (bicyclic) bond motifs is 3. The van der Waals surface area contributed by atoms with Gasteiger partial charge < -0.3 is 25.2 Å². The van der Waals surface area contributed by atoms with Gasteiger partial charge in [-0.15, -0.1) is 20.4 Å². The number of nitrogens with zero attached hydrogens (tertiary/aromatic N) is 11. The highest BCUT2D eigenvalue weighted by molar-refractivity contribution is 5.95. The smallest absolute Gasteiger partial charge is 0.248 e. The van der Waals surface area contributed by atoms with Gasteiger partial charge in [0.2, 0.25) is 35.4 Å². The van der Waals surface area contributed by atoms with Gasteiger partial charge in [0.1, 0.15) is 39.8 Å². The van der Waals surface area contributed by atoms with Crippen LogP contribution in [0.1, 0.15) is 108 Å². The summed E-state index contributed by atoms with van der Waals surface area (Å²) in [6.45, 7) is 4.87. The number of piperidine rings is 2. The second-order valence-electron chi connectivity index (χ2n) is 25.3. The monoisotopic (exact) mass is 1460 g/mol. The van der Waals surface area contributed by atoms with Crippen molar-refractivity contribution in [3.63, 3.8) is 0 Å². The lowest BCUT2D eigenvalue weighted by Gasteiger charge is -2.25. The molecule has 14 N–H and O–H groups in total. The molecule has 6 aromatic carbocycles. The largest absolute Gasteiger partial charge is 0.419 e. The molecule has 0 unspecified atom stereocenters. The molecule has 2 saturated heterocycles. The van der Waals surface area contributed by atoms with Crippen molar-refractivity contribution < 1.29 is 44.8 Å². The number of amides is 2. The summed E-state index contributed by atoms with van der Waals surface area (Å²) in [7, 11) is 1.76. The first-order chi connectivity index (χ1) is 52.0. The average molecular weight is 1460 g/mol. The van der Waals surface area contributed by atoms with Crippen LogP contribution in [0.5, 0.6) is 0 Å². The Hall–Kier alpha value is -12.2. The molecule has 1 aliphatic carbocycles. The molecule has 0 atom stereocenters. The van der Waals surface area contributed by atoms with Crippen LogP contribution in [0.4, 0.5) is 26.3 Å². The first kappa shape index (κ1) is 74.5. The van der Waals surface area contributed by atoms with Crippen molar-refractivity contribution in [2.75, 3.05) is 39.8 Å². The number of carbonyl (C=O) groups excluding carboxylic acids is 2. The van der Waals surface area contributed by atoms with Crippen LogP contribution in [0.25, 0.3) is 103 Å². The van der Waals surface area contributed by atoms with E-state index in [1.807, 2.05) is 23.6 Å². The number of hydrogen-bond acceptors (Lipinski definition) is 20.